The quantitative estimate of drug-likeness (QED) is 0.635. The molecule has 0 spiro atoms. The van der Waals surface area contributed by atoms with Gasteiger partial charge < -0.3 is 24.3 Å². The van der Waals surface area contributed by atoms with Crippen molar-refractivity contribution >= 4 is 27.5 Å². The van der Waals surface area contributed by atoms with Gasteiger partial charge in [0.25, 0.3) is 5.91 Å². The lowest BCUT2D eigenvalue weighted by atomic mass is 9.84. The number of piperidine rings is 1. The highest BCUT2D eigenvalue weighted by atomic mass is 32.2. The maximum Gasteiger partial charge on any atom is 0.276 e. The molecule has 0 bridgehead atoms. The van der Waals surface area contributed by atoms with Crippen molar-refractivity contribution in [2.45, 2.75) is 31.2 Å². The molecule has 2 aromatic rings. The van der Waals surface area contributed by atoms with Crippen LogP contribution in [0.4, 0.5) is 10.1 Å². The predicted octanol–water partition coefficient (Wildman–Crippen LogP) is 1.65. The molecule has 5 rings (SSSR count). The van der Waals surface area contributed by atoms with E-state index in [2.05, 4.69) is 10.0 Å². The van der Waals surface area contributed by atoms with Crippen LogP contribution in [0.5, 0.6) is 5.75 Å². The van der Waals surface area contributed by atoms with E-state index in [1.165, 1.54) is 29.0 Å². The molecule has 2 N–H and O–H groups in total. The number of benzene rings is 1. The Morgan fingerprint density at radius 3 is 2.69 bits per heavy atom. The van der Waals surface area contributed by atoms with E-state index in [0.717, 1.165) is 0 Å². The third-order valence-corrected chi connectivity index (χ3v) is 8.65. The van der Waals surface area contributed by atoms with Gasteiger partial charge in [-0.3, -0.25) is 9.59 Å². The van der Waals surface area contributed by atoms with Crippen molar-refractivity contribution in [3.63, 3.8) is 0 Å². The molecule has 3 aliphatic rings. The van der Waals surface area contributed by atoms with Crippen LogP contribution in [0.15, 0.2) is 29.3 Å². The summed E-state index contributed by atoms with van der Waals surface area (Å²) in [6.07, 6.45) is 1.88. The number of nitrogens with one attached hydrogen (secondary N) is 2. The van der Waals surface area contributed by atoms with Crippen LogP contribution in [0.2, 0.25) is 0 Å². The number of aryl methyl sites for hydroxylation is 2. The summed E-state index contributed by atoms with van der Waals surface area (Å²) in [5, 5.41) is 2.69. The average Bonchev–Trinajstić information content (AvgIpc) is 3.14. The number of carbonyl (C=O) groups excluding carboxylic acids is 2. The zero-order valence-corrected chi connectivity index (χ0v) is 21.2. The van der Waals surface area contributed by atoms with Crippen LogP contribution in [0, 0.1) is 24.1 Å². The number of aromatic nitrogens is 1. The topological polar surface area (TPSA) is 119 Å². The number of hydrogen-bond acceptors (Lipinski definition) is 6. The molecule has 2 fully saturated rings. The van der Waals surface area contributed by atoms with Gasteiger partial charge in [0.05, 0.1) is 25.2 Å². The lowest BCUT2D eigenvalue weighted by Crippen LogP contribution is -2.60. The van der Waals surface area contributed by atoms with Crippen molar-refractivity contribution in [2.24, 2.45) is 18.4 Å². The molecule has 2 amide bonds. The van der Waals surface area contributed by atoms with Crippen LogP contribution in [-0.4, -0.2) is 68.7 Å². The first-order valence-electron chi connectivity index (χ1n) is 11.8. The van der Waals surface area contributed by atoms with Gasteiger partial charge in [0.1, 0.15) is 10.7 Å². The number of likely N-dealkylation sites (tertiary alicyclic amines) is 1. The number of carbonyl (C=O) groups is 2. The Morgan fingerprint density at radius 1 is 1.28 bits per heavy atom. The Kier molecular flexibility index (Phi) is 6.08. The standard InChI is InChI=1S/C24H29FN4O6S/c1-14-8-16(4-5-17(14)25)26-22(30)20-21-19(10-28(20)3)36(32,33)27-18-9-29(7-6-15(18)11-35-21)23(31)24(2)12-34-13-24/h4-5,8,10,15,18,27H,6-7,9,11-13H2,1-3H3,(H,26,30)/t15-,18+/m1/s1. The summed E-state index contributed by atoms with van der Waals surface area (Å²) in [5.41, 5.74) is 0.222. The van der Waals surface area contributed by atoms with Gasteiger partial charge in [-0.05, 0) is 44.0 Å². The summed E-state index contributed by atoms with van der Waals surface area (Å²) in [5.74, 6) is -1.22. The fraction of sp³-hybridized carbons (Fsp3) is 0.500. The van der Waals surface area contributed by atoms with Crippen LogP contribution < -0.4 is 14.8 Å². The van der Waals surface area contributed by atoms with Crippen molar-refractivity contribution in [3.05, 3.63) is 41.5 Å². The van der Waals surface area contributed by atoms with E-state index in [1.54, 1.807) is 18.9 Å². The lowest BCUT2D eigenvalue weighted by Gasteiger charge is -2.45. The van der Waals surface area contributed by atoms with E-state index < -0.39 is 33.2 Å². The highest BCUT2D eigenvalue weighted by molar-refractivity contribution is 7.89. The molecule has 194 valence electrons. The highest BCUT2D eigenvalue weighted by Gasteiger charge is 2.46. The number of rotatable bonds is 3. The number of hydrogen-bond donors (Lipinski definition) is 2. The number of anilines is 1. The smallest absolute Gasteiger partial charge is 0.276 e. The van der Waals surface area contributed by atoms with E-state index in [4.69, 9.17) is 9.47 Å². The second kappa shape index (κ2) is 8.86. The van der Waals surface area contributed by atoms with Gasteiger partial charge in [-0.2, -0.15) is 0 Å². The van der Waals surface area contributed by atoms with Crippen molar-refractivity contribution in [1.29, 1.82) is 0 Å². The minimum atomic E-state index is -4.06. The van der Waals surface area contributed by atoms with E-state index in [0.29, 0.717) is 37.4 Å². The van der Waals surface area contributed by atoms with Gasteiger partial charge in [-0.15, -0.1) is 0 Å². The zero-order chi connectivity index (χ0) is 25.8. The van der Waals surface area contributed by atoms with Gasteiger partial charge in [-0.25, -0.2) is 17.5 Å². The number of nitrogens with zero attached hydrogens (tertiary/aromatic N) is 2. The average molecular weight is 521 g/mol. The summed E-state index contributed by atoms with van der Waals surface area (Å²) in [6, 6.07) is 3.66. The first-order chi connectivity index (χ1) is 17.0. The molecular weight excluding hydrogens is 491 g/mol. The summed E-state index contributed by atoms with van der Waals surface area (Å²) in [6.45, 7) is 5.07. The molecule has 0 aliphatic carbocycles. The Labute approximate surface area is 208 Å². The minimum Gasteiger partial charge on any atom is -0.489 e. The van der Waals surface area contributed by atoms with Crippen molar-refractivity contribution in [2.75, 3.05) is 38.2 Å². The van der Waals surface area contributed by atoms with Gasteiger partial charge in [0, 0.05) is 44.0 Å². The third-order valence-electron chi connectivity index (χ3n) is 7.17. The van der Waals surface area contributed by atoms with E-state index in [1.807, 2.05) is 6.92 Å². The fourth-order valence-corrected chi connectivity index (χ4v) is 6.46. The molecule has 0 saturated carbocycles. The van der Waals surface area contributed by atoms with Crippen molar-refractivity contribution < 1.29 is 31.9 Å². The summed E-state index contributed by atoms with van der Waals surface area (Å²) < 4.78 is 55.7. The molecule has 10 nitrogen and oxygen atoms in total. The molecule has 4 heterocycles. The van der Waals surface area contributed by atoms with E-state index in [-0.39, 0.29) is 41.3 Å². The van der Waals surface area contributed by atoms with Crippen LogP contribution in [0.1, 0.15) is 29.4 Å². The summed E-state index contributed by atoms with van der Waals surface area (Å²) >= 11 is 0. The van der Waals surface area contributed by atoms with E-state index >= 15 is 0 Å². The van der Waals surface area contributed by atoms with Gasteiger partial charge >= 0.3 is 0 Å². The zero-order valence-electron chi connectivity index (χ0n) is 20.3. The minimum absolute atomic E-state index is 0.0302. The van der Waals surface area contributed by atoms with E-state index in [9.17, 15) is 22.4 Å². The highest BCUT2D eigenvalue weighted by Crippen LogP contribution is 2.36. The Morgan fingerprint density at radius 2 is 2.03 bits per heavy atom. The first-order valence-corrected chi connectivity index (χ1v) is 13.3. The maximum atomic E-state index is 13.6. The number of halogens is 1. The monoisotopic (exact) mass is 520 g/mol. The molecule has 1 aromatic heterocycles. The first kappa shape index (κ1) is 24.7. The molecule has 2 saturated heterocycles. The second-order valence-electron chi connectivity index (χ2n) is 10.1. The Hall–Kier alpha value is -2.96. The molecule has 1 aromatic carbocycles. The van der Waals surface area contributed by atoms with Crippen molar-refractivity contribution in [1.82, 2.24) is 14.2 Å². The molecular formula is C24H29FN4O6S. The molecule has 2 atom stereocenters. The van der Waals surface area contributed by atoms with Crippen LogP contribution in [-0.2, 0) is 26.6 Å². The number of amides is 2. The van der Waals surface area contributed by atoms with Gasteiger partial charge in [-0.1, -0.05) is 0 Å². The molecule has 0 unspecified atom stereocenters. The van der Waals surface area contributed by atoms with Crippen LogP contribution in [0.25, 0.3) is 0 Å². The number of fused-ring (bicyclic) bond motifs is 2. The van der Waals surface area contributed by atoms with Gasteiger partial charge in [0.15, 0.2) is 11.4 Å². The predicted molar refractivity (Wildman–Crippen MR) is 128 cm³/mol. The fourth-order valence-electron chi connectivity index (χ4n) is 4.97. The van der Waals surface area contributed by atoms with Gasteiger partial charge in [0.2, 0.25) is 15.9 Å². The summed E-state index contributed by atoms with van der Waals surface area (Å²) in [4.78, 5) is 27.6. The third kappa shape index (κ3) is 4.27. The Bertz CT molecular complexity index is 1340. The number of ether oxygens (including phenoxy) is 2. The van der Waals surface area contributed by atoms with Crippen LogP contribution >= 0.6 is 0 Å². The Balaban J connectivity index is 1.40. The molecule has 36 heavy (non-hydrogen) atoms. The summed E-state index contributed by atoms with van der Waals surface area (Å²) in [7, 11) is -2.50. The number of sulfonamides is 1. The molecule has 12 heteroatoms. The SMILES string of the molecule is Cc1cc(NC(=O)c2c3c(cn2C)S(=O)(=O)N[C@H]2CN(C(=O)C4(C)COC4)CC[C@@H]2CO3)ccc1F. The maximum absolute atomic E-state index is 13.6. The molecule has 0 radical (unpaired) electrons. The normalized spacial score (nSPS) is 24.3. The molecule has 3 aliphatic heterocycles. The van der Waals surface area contributed by atoms with Crippen molar-refractivity contribution in [3.8, 4) is 5.75 Å². The second-order valence-corrected chi connectivity index (χ2v) is 11.8. The largest absolute Gasteiger partial charge is 0.489 e. The lowest BCUT2D eigenvalue weighted by molar-refractivity contribution is -0.170. The van der Waals surface area contributed by atoms with Crippen LogP contribution in [0.3, 0.4) is 0 Å².